The van der Waals surface area contributed by atoms with Gasteiger partial charge in [0, 0.05) is 36.3 Å². The molecular formula is C25H35N5S. The molecule has 1 aliphatic carbocycles. The van der Waals surface area contributed by atoms with Crippen molar-refractivity contribution in [3.05, 3.63) is 47.7 Å². The average molecular weight is 438 g/mol. The molecule has 5 nitrogen and oxygen atoms in total. The van der Waals surface area contributed by atoms with E-state index in [2.05, 4.69) is 63.8 Å². The Morgan fingerprint density at radius 3 is 2.61 bits per heavy atom. The third-order valence-electron chi connectivity index (χ3n) is 6.95. The molecule has 2 aliphatic rings. The van der Waals surface area contributed by atoms with E-state index in [0.717, 1.165) is 24.6 Å². The molecule has 1 aromatic heterocycles. The highest BCUT2D eigenvalue weighted by Gasteiger charge is 2.33. The maximum absolute atomic E-state index is 5.65. The van der Waals surface area contributed by atoms with Gasteiger partial charge in [-0.05, 0) is 63.7 Å². The summed E-state index contributed by atoms with van der Waals surface area (Å²) in [5.74, 6) is 1.58. The number of anilines is 2. The normalized spacial score (nSPS) is 20.8. The number of thiocarbonyl (C=S) groups is 1. The van der Waals surface area contributed by atoms with Gasteiger partial charge in [0.25, 0.3) is 0 Å². The third kappa shape index (κ3) is 5.35. The second-order valence-electron chi connectivity index (χ2n) is 9.24. The summed E-state index contributed by atoms with van der Waals surface area (Å²) in [6.07, 6.45) is 10.0. The Bertz CT molecular complexity index is 879. The van der Waals surface area contributed by atoms with Crippen LogP contribution in [0.15, 0.2) is 36.4 Å². The second-order valence-corrected chi connectivity index (χ2v) is 9.65. The number of aromatic nitrogens is 2. The van der Waals surface area contributed by atoms with E-state index in [9.17, 15) is 0 Å². The standard InChI is InChI=1S/C25H35N5S/c1-19-17-22(30-16-10-7-11-20(30)2)28-23(27-19)29-24(31)26-18-25(14-8-4-9-15-25)21-12-5-3-6-13-21/h3,5-6,12-13,17,20H,4,7-11,14-16,18H2,1-2H3,(H2,26,27,28,29,31)/t20-/m1/s1. The van der Waals surface area contributed by atoms with Crippen molar-refractivity contribution in [3.63, 3.8) is 0 Å². The number of nitrogens with zero attached hydrogens (tertiary/aromatic N) is 3. The number of aryl methyl sites for hydroxylation is 1. The van der Waals surface area contributed by atoms with Crippen LogP contribution in [0.4, 0.5) is 11.8 Å². The summed E-state index contributed by atoms with van der Waals surface area (Å²) in [5.41, 5.74) is 2.52. The molecule has 0 unspecified atom stereocenters. The van der Waals surface area contributed by atoms with E-state index in [0.29, 0.717) is 17.1 Å². The molecule has 1 saturated carbocycles. The molecule has 2 heterocycles. The van der Waals surface area contributed by atoms with E-state index in [1.807, 2.05) is 6.92 Å². The van der Waals surface area contributed by atoms with Gasteiger partial charge in [0.1, 0.15) is 5.82 Å². The van der Waals surface area contributed by atoms with Crippen molar-refractivity contribution in [2.75, 3.05) is 23.3 Å². The Kier molecular flexibility index (Phi) is 7.06. The minimum absolute atomic E-state index is 0.146. The van der Waals surface area contributed by atoms with Crippen LogP contribution >= 0.6 is 12.2 Å². The molecule has 2 aromatic rings. The van der Waals surface area contributed by atoms with Crippen molar-refractivity contribution in [2.24, 2.45) is 0 Å². The summed E-state index contributed by atoms with van der Waals surface area (Å²) in [7, 11) is 0. The molecule has 2 fully saturated rings. The molecule has 2 N–H and O–H groups in total. The zero-order valence-electron chi connectivity index (χ0n) is 18.9. The number of rotatable bonds is 5. The Labute approximate surface area is 192 Å². The molecule has 1 aromatic carbocycles. The first-order valence-electron chi connectivity index (χ1n) is 11.8. The number of hydrogen-bond acceptors (Lipinski definition) is 4. The summed E-state index contributed by atoms with van der Waals surface area (Å²) >= 11 is 5.65. The van der Waals surface area contributed by atoms with Crippen LogP contribution in [0, 0.1) is 6.92 Å². The molecule has 166 valence electrons. The minimum atomic E-state index is 0.146. The fourth-order valence-corrected chi connectivity index (χ4v) is 5.34. The highest BCUT2D eigenvalue weighted by molar-refractivity contribution is 7.80. The Hall–Kier alpha value is -2.21. The predicted octanol–water partition coefficient (Wildman–Crippen LogP) is 5.35. The van der Waals surface area contributed by atoms with Gasteiger partial charge in [-0.1, -0.05) is 49.6 Å². The Morgan fingerprint density at radius 1 is 1.10 bits per heavy atom. The zero-order chi connectivity index (χ0) is 21.7. The maximum atomic E-state index is 5.65. The molecule has 0 radical (unpaired) electrons. The van der Waals surface area contributed by atoms with Crippen LogP contribution in [0.5, 0.6) is 0 Å². The first kappa shape index (κ1) is 22.0. The van der Waals surface area contributed by atoms with Gasteiger partial charge in [0.15, 0.2) is 5.11 Å². The summed E-state index contributed by atoms with van der Waals surface area (Å²) in [4.78, 5) is 11.8. The molecule has 0 spiro atoms. The molecule has 31 heavy (non-hydrogen) atoms. The van der Waals surface area contributed by atoms with Crippen molar-refractivity contribution < 1.29 is 0 Å². The first-order valence-corrected chi connectivity index (χ1v) is 12.2. The number of nitrogens with one attached hydrogen (secondary N) is 2. The Morgan fingerprint density at radius 2 is 1.87 bits per heavy atom. The van der Waals surface area contributed by atoms with Crippen LogP contribution in [-0.2, 0) is 5.41 Å². The van der Waals surface area contributed by atoms with Gasteiger partial charge in [-0.2, -0.15) is 4.98 Å². The maximum Gasteiger partial charge on any atom is 0.231 e. The summed E-state index contributed by atoms with van der Waals surface area (Å²) in [6.45, 7) is 6.20. The van der Waals surface area contributed by atoms with Crippen molar-refractivity contribution in [2.45, 2.75) is 76.7 Å². The van der Waals surface area contributed by atoms with Crippen molar-refractivity contribution in [3.8, 4) is 0 Å². The van der Waals surface area contributed by atoms with E-state index in [-0.39, 0.29) is 5.41 Å². The SMILES string of the molecule is Cc1cc(N2CCCC[C@H]2C)nc(NC(=S)NCC2(c3ccccc3)CCCCC2)n1. The molecule has 1 atom stereocenters. The fourth-order valence-electron chi connectivity index (χ4n) is 5.18. The molecular weight excluding hydrogens is 402 g/mol. The molecule has 1 aliphatic heterocycles. The highest BCUT2D eigenvalue weighted by atomic mass is 32.1. The summed E-state index contributed by atoms with van der Waals surface area (Å²) in [6, 6.07) is 13.5. The molecule has 0 amide bonds. The largest absolute Gasteiger partial charge is 0.361 e. The van der Waals surface area contributed by atoms with E-state index >= 15 is 0 Å². The molecule has 1 saturated heterocycles. The van der Waals surface area contributed by atoms with Gasteiger partial charge in [0.2, 0.25) is 5.95 Å². The van der Waals surface area contributed by atoms with Crippen molar-refractivity contribution >= 4 is 29.1 Å². The quantitative estimate of drug-likeness (QED) is 0.615. The highest BCUT2D eigenvalue weighted by Crippen LogP contribution is 2.39. The van der Waals surface area contributed by atoms with Crippen LogP contribution in [0.1, 0.15) is 69.5 Å². The van der Waals surface area contributed by atoms with Crippen molar-refractivity contribution in [1.29, 1.82) is 0 Å². The molecule has 0 bridgehead atoms. The van der Waals surface area contributed by atoms with Crippen LogP contribution in [-0.4, -0.2) is 34.2 Å². The molecule has 6 heteroatoms. The van der Waals surface area contributed by atoms with E-state index < -0.39 is 0 Å². The van der Waals surface area contributed by atoms with Gasteiger partial charge in [-0.25, -0.2) is 4.98 Å². The van der Waals surface area contributed by atoms with E-state index in [4.69, 9.17) is 17.2 Å². The second kappa shape index (κ2) is 9.94. The van der Waals surface area contributed by atoms with E-state index in [1.165, 1.54) is 56.9 Å². The fraction of sp³-hybridized carbons (Fsp3) is 0.560. The lowest BCUT2D eigenvalue weighted by molar-refractivity contribution is 0.292. The lowest BCUT2D eigenvalue weighted by atomic mass is 9.69. The lowest BCUT2D eigenvalue weighted by Crippen LogP contribution is -2.43. The zero-order valence-corrected chi connectivity index (χ0v) is 19.7. The summed E-state index contributed by atoms with van der Waals surface area (Å²) < 4.78 is 0. The van der Waals surface area contributed by atoms with Crippen molar-refractivity contribution in [1.82, 2.24) is 15.3 Å². The number of piperidine rings is 1. The predicted molar refractivity (Wildman–Crippen MR) is 133 cm³/mol. The van der Waals surface area contributed by atoms with Crippen LogP contribution in [0.25, 0.3) is 0 Å². The van der Waals surface area contributed by atoms with Gasteiger partial charge >= 0.3 is 0 Å². The summed E-state index contributed by atoms with van der Waals surface area (Å²) in [5, 5.41) is 7.35. The van der Waals surface area contributed by atoms with Gasteiger partial charge in [-0.3, -0.25) is 0 Å². The smallest absolute Gasteiger partial charge is 0.231 e. The first-order chi connectivity index (χ1) is 15.1. The minimum Gasteiger partial charge on any atom is -0.361 e. The van der Waals surface area contributed by atoms with Crippen LogP contribution in [0.2, 0.25) is 0 Å². The van der Waals surface area contributed by atoms with Gasteiger partial charge < -0.3 is 15.5 Å². The number of benzene rings is 1. The van der Waals surface area contributed by atoms with Crippen LogP contribution < -0.4 is 15.5 Å². The topological polar surface area (TPSA) is 53.1 Å². The lowest BCUT2D eigenvalue weighted by Gasteiger charge is -2.38. The average Bonchev–Trinajstić information content (AvgIpc) is 2.79. The van der Waals surface area contributed by atoms with E-state index in [1.54, 1.807) is 0 Å². The monoisotopic (exact) mass is 437 g/mol. The Balaban J connectivity index is 1.43. The van der Waals surface area contributed by atoms with Gasteiger partial charge in [0.05, 0.1) is 0 Å². The molecule has 4 rings (SSSR count). The number of hydrogen-bond donors (Lipinski definition) is 2. The third-order valence-corrected chi connectivity index (χ3v) is 7.19. The van der Waals surface area contributed by atoms with Crippen LogP contribution in [0.3, 0.4) is 0 Å². The van der Waals surface area contributed by atoms with Gasteiger partial charge in [-0.15, -0.1) is 0 Å².